The third-order valence-electron chi connectivity index (χ3n) is 1.09. The Bertz CT molecular complexity index is 184. The van der Waals surface area contributed by atoms with E-state index in [4.69, 9.17) is 0 Å². The van der Waals surface area contributed by atoms with Crippen LogP contribution in [-0.4, -0.2) is 18.2 Å². The summed E-state index contributed by atoms with van der Waals surface area (Å²) in [5, 5.41) is 3.70. The zero-order valence-corrected chi connectivity index (χ0v) is 8.27. The predicted molar refractivity (Wildman–Crippen MR) is 47.9 cm³/mol. The lowest BCUT2D eigenvalue weighted by atomic mass is 11.8. The standard InChI is InChI=1S/C4H12N4SSi/c1-9-7-5-6-8(9)10(2,3)4/h1H2,2-4H3,(H,6,7). The molecule has 1 rings (SSSR count). The zero-order chi connectivity index (χ0) is 7.78. The van der Waals surface area contributed by atoms with Crippen LogP contribution in [0.3, 0.4) is 0 Å². The zero-order valence-electron chi connectivity index (χ0n) is 6.46. The Balaban J connectivity index is 2.69. The van der Waals surface area contributed by atoms with E-state index >= 15 is 0 Å². The van der Waals surface area contributed by atoms with Gasteiger partial charge < -0.3 is 0 Å². The molecule has 0 radical (unpaired) electrons. The average molecular weight is 176 g/mol. The lowest BCUT2D eigenvalue weighted by Gasteiger charge is -2.26. The third-order valence-corrected chi connectivity index (χ3v) is 5.46. The fraction of sp³-hybridized carbons (Fsp3) is 0.750. The van der Waals surface area contributed by atoms with Crippen molar-refractivity contribution in [3.8, 4) is 0 Å². The van der Waals surface area contributed by atoms with Gasteiger partial charge in [-0.15, -0.1) is 0 Å². The monoisotopic (exact) mass is 176 g/mol. The third kappa shape index (κ3) is 1.44. The van der Waals surface area contributed by atoms with Gasteiger partial charge in [-0.25, -0.2) is 5.53 Å². The molecule has 0 fully saturated rings. The summed E-state index contributed by atoms with van der Waals surface area (Å²) in [6.07, 6.45) is 0. The molecule has 1 atom stereocenters. The summed E-state index contributed by atoms with van der Waals surface area (Å²) in [5.74, 6) is 3.85. The van der Waals surface area contributed by atoms with Crippen LogP contribution in [0.25, 0.3) is 0 Å². The molecule has 0 aromatic rings. The molecule has 0 saturated carbocycles. The Labute approximate surface area is 64.6 Å². The van der Waals surface area contributed by atoms with Gasteiger partial charge in [0, 0.05) is 10.9 Å². The number of hydrazine groups is 1. The first-order valence-electron chi connectivity index (χ1n) is 3.02. The van der Waals surface area contributed by atoms with Crippen molar-refractivity contribution >= 4 is 25.0 Å². The highest BCUT2D eigenvalue weighted by Gasteiger charge is 2.28. The van der Waals surface area contributed by atoms with Gasteiger partial charge in [-0.05, 0) is 5.87 Å². The summed E-state index contributed by atoms with van der Waals surface area (Å²) >= 11 is 0. The van der Waals surface area contributed by atoms with Crippen molar-refractivity contribution in [2.75, 3.05) is 0 Å². The molecule has 1 N–H and O–H groups in total. The molecule has 4 nitrogen and oxygen atoms in total. The first-order valence-corrected chi connectivity index (χ1v) is 7.78. The van der Waals surface area contributed by atoms with Gasteiger partial charge in [0.2, 0.25) is 0 Å². The van der Waals surface area contributed by atoms with Crippen molar-refractivity contribution in [1.29, 1.82) is 0 Å². The van der Waals surface area contributed by atoms with Crippen LogP contribution in [-0.2, 0) is 0 Å². The molecule has 1 aliphatic rings. The Hall–Kier alpha value is -0.203. The molecule has 0 aromatic carbocycles. The number of hydrogen-bond acceptors (Lipinski definition) is 4. The van der Waals surface area contributed by atoms with Crippen LogP contribution >= 0.6 is 10.9 Å². The van der Waals surface area contributed by atoms with Gasteiger partial charge in [0.05, 0.1) is 0 Å². The van der Waals surface area contributed by atoms with Crippen molar-refractivity contribution in [2.45, 2.75) is 19.6 Å². The second-order valence-corrected chi connectivity index (χ2v) is 9.41. The predicted octanol–water partition coefficient (Wildman–Crippen LogP) is 1.54. The van der Waals surface area contributed by atoms with Crippen LogP contribution in [0.4, 0.5) is 0 Å². The molecule has 0 aliphatic carbocycles. The highest BCUT2D eigenvalue weighted by atomic mass is 32.2. The normalized spacial score (nSPS) is 26.9. The largest absolute Gasteiger partial charge is 0.217 e. The second-order valence-electron chi connectivity index (χ2n) is 3.09. The van der Waals surface area contributed by atoms with E-state index in [1.54, 1.807) is 0 Å². The minimum atomic E-state index is -1.30. The lowest BCUT2D eigenvalue weighted by Crippen LogP contribution is -2.46. The van der Waals surface area contributed by atoms with E-state index in [9.17, 15) is 0 Å². The van der Waals surface area contributed by atoms with Crippen molar-refractivity contribution in [1.82, 2.24) is 9.61 Å². The molecule has 1 aliphatic heterocycles. The fourth-order valence-electron chi connectivity index (χ4n) is 0.656. The van der Waals surface area contributed by atoms with Gasteiger partial charge in [0.25, 0.3) is 0 Å². The molecule has 0 saturated heterocycles. The molecule has 0 spiro atoms. The topological polar surface area (TPSA) is 40.0 Å². The summed E-state index contributed by atoms with van der Waals surface area (Å²) in [4.78, 5) is 0. The van der Waals surface area contributed by atoms with E-state index in [0.717, 1.165) is 0 Å². The Morgan fingerprint density at radius 3 is 2.30 bits per heavy atom. The van der Waals surface area contributed by atoms with Gasteiger partial charge in [0.15, 0.2) is 8.24 Å². The van der Waals surface area contributed by atoms with Gasteiger partial charge in [0.1, 0.15) is 0 Å². The van der Waals surface area contributed by atoms with Crippen molar-refractivity contribution in [2.24, 2.45) is 9.74 Å². The molecule has 1 unspecified atom stereocenters. The summed E-state index contributed by atoms with van der Waals surface area (Å²) in [6, 6.07) is 0. The molecule has 58 valence electrons. The van der Waals surface area contributed by atoms with E-state index in [1.165, 1.54) is 0 Å². The van der Waals surface area contributed by atoms with E-state index in [1.807, 2.05) is 0 Å². The first-order chi connectivity index (χ1) is 4.52. The van der Waals surface area contributed by atoms with Crippen molar-refractivity contribution < 1.29 is 0 Å². The van der Waals surface area contributed by atoms with Crippen molar-refractivity contribution in [3.05, 3.63) is 0 Å². The Morgan fingerprint density at radius 2 is 2.10 bits per heavy atom. The lowest BCUT2D eigenvalue weighted by molar-refractivity contribution is 0.523. The Kier molecular flexibility index (Phi) is 1.93. The van der Waals surface area contributed by atoms with Crippen LogP contribution < -0.4 is 5.53 Å². The van der Waals surface area contributed by atoms with Crippen LogP contribution in [0.2, 0.25) is 19.6 Å². The molecular weight excluding hydrogens is 164 g/mol. The highest BCUT2D eigenvalue weighted by Crippen LogP contribution is 2.27. The molecule has 10 heavy (non-hydrogen) atoms. The van der Waals surface area contributed by atoms with E-state index < -0.39 is 8.24 Å². The van der Waals surface area contributed by atoms with Crippen LogP contribution in [0, 0.1) is 0 Å². The second kappa shape index (κ2) is 2.44. The molecule has 6 heteroatoms. The van der Waals surface area contributed by atoms with Gasteiger partial charge in [-0.3, -0.25) is 0 Å². The minimum Gasteiger partial charge on any atom is -0.217 e. The van der Waals surface area contributed by atoms with E-state index in [0.29, 0.717) is 0 Å². The van der Waals surface area contributed by atoms with Gasteiger partial charge in [-0.1, -0.05) is 29.4 Å². The number of rotatable bonds is 1. The molecule has 1 heterocycles. The maximum Gasteiger partial charge on any atom is 0.162 e. The quantitative estimate of drug-likeness (QED) is 0.486. The van der Waals surface area contributed by atoms with Gasteiger partial charge >= 0.3 is 0 Å². The van der Waals surface area contributed by atoms with Crippen LogP contribution in [0.5, 0.6) is 0 Å². The van der Waals surface area contributed by atoms with Gasteiger partial charge in [-0.2, -0.15) is 4.08 Å². The number of nitrogens with zero attached hydrogens (tertiary/aromatic N) is 3. The number of nitrogens with one attached hydrogen (secondary N) is 1. The Morgan fingerprint density at radius 1 is 1.50 bits per heavy atom. The summed E-state index contributed by atoms with van der Waals surface area (Å²) in [6.45, 7) is 6.67. The van der Waals surface area contributed by atoms with Crippen LogP contribution in [0.15, 0.2) is 9.74 Å². The van der Waals surface area contributed by atoms with E-state index in [-0.39, 0.29) is 10.9 Å². The summed E-state index contributed by atoms with van der Waals surface area (Å²) in [7, 11) is -1.59. The van der Waals surface area contributed by atoms with Crippen molar-refractivity contribution in [3.63, 3.8) is 0 Å². The van der Waals surface area contributed by atoms with E-state index in [2.05, 4.69) is 44.9 Å². The highest BCUT2D eigenvalue weighted by molar-refractivity contribution is 8.11. The fourth-order valence-corrected chi connectivity index (χ4v) is 3.97. The molecule has 0 aromatic heterocycles. The SMILES string of the molecule is C=S1N=NNN1[Si](C)(C)C. The summed E-state index contributed by atoms with van der Waals surface area (Å²) < 4.78 is 5.94. The average Bonchev–Trinajstić information content (AvgIpc) is 2.11. The molecular formula is C4H12N4SSi. The maximum absolute atomic E-state index is 3.88. The minimum absolute atomic E-state index is 0.288. The smallest absolute Gasteiger partial charge is 0.162 e. The summed E-state index contributed by atoms with van der Waals surface area (Å²) in [5.41, 5.74) is 2.85. The molecule has 0 amide bonds. The van der Waals surface area contributed by atoms with Crippen LogP contribution in [0.1, 0.15) is 0 Å². The molecule has 0 bridgehead atoms. The maximum atomic E-state index is 3.88. The first kappa shape index (κ1) is 7.90. The number of hydrogen-bond donors (Lipinski definition) is 1.